The molecule has 2 atom stereocenters. The number of nitrogens with two attached hydrogens (primary N) is 1. The highest BCUT2D eigenvalue weighted by atomic mass is 19.1. The molecule has 8 heteroatoms. The average molecular weight is 575 g/mol. The lowest BCUT2D eigenvalue weighted by atomic mass is 9.90. The van der Waals surface area contributed by atoms with Crippen LogP contribution in [0.1, 0.15) is 60.0 Å². The Hall–Kier alpha value is -3.62. The molecule has 1 saturated carbocycles. The minimum atomic E-state index is -0.663. The summed E-state index contributed by atoms with van der Waals surface area (Å²) in [5.74, 6) is -1.11. The molecule has 2 amide bonds. The summed E-state index contributed by atoms with van der Waals surface area (Å²) in [6.07, 6.45) is 5.36. The second-order valence-corrected chi connectivity index (χ2v) is 11.7. The van der Waals surface area contributed by atoms with Gasteiger partial charge in [0.1, 0.15) is 17.7 Å². The molecular weight excluding hydrogens is 534 g/mol. The Labute approximate surface area is 246 Å². The molecule has 1 aliphatic carbocycles. The molecule has 1 unspecified atom stereocenters. The average Bonchev–Trinajstić information content (AvgIpc) is 3.01. The standard InChI is InChI=1S/C34H40F2N4O2/c35-27-10-6-25(7-11-27)23-39(20-18-24-4-2-1-3-5-24)31-19-21-40(34(42)26-8-12-28(36)13-9-26)32(22-31)33(41)38-30-16-14-29(37)15-17-30/h1-13,29-32H,14-23,37H2,(H,38,41)/t29?,30?,31?,32-/m1/s1. The molecule has 42 heavy (non-hydrogen) atoms. The summed E-state index contributed by atoms with van der Waals surface area (Å²) >= 11 is 0. The van der Waals surface area contributed by atoms with Crippen LogP contribution in [-0.4, -0.2) is 58.9 Å². The third-order valence-corrected chi connectivity index (χ3v) is 8.69. The highest BCUT2D eigenvalue weighted by Crippen LogP contribution is 2.27. The topological polar surface area (TPSA) is 78.7 Å². The van der Waals surface area contributed by atoms with Crippen LogP contribution < -0.4 is 11.1 Å². The Balaban J connectivity index is 1.37. The monoisotopic (exact) mass is 574 g/mol. The molecule has 2 aliphatic rings. The Morgan fingerprint density at radius 1 is 0.833 bits per heavy atom. The first-order chi connectivity index (χ1) is 20.4. The van der Waals surface area contributed by atoms with E-state index in [1.165, 1.54) is 42.0 Å². The van der Waals surface area contributed by atoms with E-state index in [2.05, 4.69) is 22.3 Å². The van der Waals surface area contributed by atoms with E-state index in [4.69, 9.17) is 5.73 Å². The molecule has 0 bridgehead atoms. The Morgan fingerprint density at radius 2 is 1.48 bits per heavy atom. The van der Waals surface area contributed by atoms with Crippen LogP contribution in [0.4, 0.5) is 8.78 Å². The van der Waals surface area contributed by atoms with Crippen molar-refractivity contribution in [2.24, 2.45) is 5.73 Å². The molecule has 6 nitrogen and oxygen atoms in total. The second-order valence-electron chi connectivity index (χ2n) is 11.7. The zero-order valence-electron chi connectivity index (χ0n) is 23.9. The summed E-state index contributed by atoms with van der Waals surface area (Å²) in [7, 11) is 0. The van der Waals surface area contributed by atoms with E-state index < -0.39 is 11.9 Å². The fourth-order valence-corrected chi connectivity index (χ4v) is 6.22. The number of likely N-dealkylation sites (tertiary alicyclic amines) is 1. The van der Waals surface area contributed by atoms with Gasteiger partial charge in [-0.05, 0) is 92.5 Å². The van der Waals surface area contributed by atoms with Crippen molar-refractivity contribution in [1.29, 1.82) is 0 Å². The van der Waals surface area contributed by atoms with Crippen molar-refractivity contribution in [3.63, 3.8) is 0 Å². The molecule has 1 heterocycles. The summed E-state index contributed by atoms with van der Waals surface area (Å²) in [6.45, 7) is 1.77. The zero-order valence-corrected chi connectivity index (χ0v) is 23.9. The summed E-state index contributed by atoms with van der Waals surface area (Å²) in [4.78, 5) is 31.5. The molecule has 2 fully saturated rings. The van der Waals surface area contributed by atoms with Crippen molar-refractivity contribution in [3.8, 4) is 0 Å². The highest BCUT2D eigenvalue weighted by molar-refractivity contribution is 5.97. The summed E-state index contributed by atoms with van der Waals surface area (Å²) < 4.78 is 27.3. The smallest absolute Gasteiger partial charge is 0.254 e. The van der Waals surface area contributed by atoms with E-state index in [-0.39, 0.29) is 35.8 Å². The third kappa shape index (κ3) is 7.81. The lowest BCUT2D eigenvalue weighted by Crippen LogP contribution is -2.58. The molecule has 0 radical (unpaired) electrons. The number of nitrogens with one attached hydrogen (secondary N) is 1. The van der Waals surface area contributed by atoms with Gasteiger partial charge < -0.3 is 16.0 Å². The van der Waals surface area contributed by atoms with Gasteiger partial charge in [-0.25, -0.2) is 8.78 Å². The molecule has 3 aromatic rings. The number of nitrogens with zero attached hydrogens (tertiary/aromatic N) is 2. The third-order valence-electron chi connectivity index (χ3n) is 8.69. The van der Waals surface area contributed by atoms with Crippen molar-refractivity contribution in [2.45, 2.75) is 75.7 Å². The van der Waals surface area contributed by atoms with Crippen LogP contribution in [0.5, 0.6) is 0 Å². The van der Waals surface area contributed by atoms with E-state index in [0.717, 1.165) is 44.2 Å². The maximum atomic E-state index is 13.8. The minimum Gasteiger partial charge on any atom is -0.352 e. The van der Waals surface area contributed by atoms with Crippen LogP contribution in [0.25, 0.3) is 0 Å². The van der Waals surface area contributed by atoms with Crippen LogP contribution >= 0.6 is 0 Å². The van der Waals surface area contributed by atoms with Crippen LogP contribution in [0.3, 0.4) is 0 Å². The first kappa shape index (κ1) is 29.9. The van der Waals surface area contributed by atoms with Crippen molar-refractivity contribution >= 4 is 11.8 Å². The van der Waals surface area contributed by atoms with Gasteiger partial charge in [0.15, 0.2) is 0 Å². The van der Waals surface area contributed by atoms with Gasteiger partial charge in [0.2, 0.25) is 5.91 Å². The zero-order chi connectivity index (χ0) is 29.5. The SMILES string of the molecule is NC1CCC(NC(=O)[C@H]2CC(N(CCc3ccccc3)Cc3ccc(F)cc3)CCN2C(=O)c2ccc(F)cc2)CC1. The van der Waals surface area contributed by atoms with Crippen molar-refractivity contribution < 1.29 is 18.4 Å². The quantitative estimate of drug-likeness (QED) is 0.374. The van der Waals surface area contributed by atoms with Gasteiger partial charge in [-0.15, -0.1) is 0 Å². The van der Waals surface area contributed by atoms with Gasteiger partial charge in [-0.3, -0.25) is 14.5 Å². The molecule has 0 spiro atoms. The van der Waals surface area contributed by atoms with Gasteiger partial charge in [0, 0.05) is 43.3 Å². The van der Waals surface area contributed by atoms with Crippen LogP contribution in [0.2, 0.25) is 0 Å². The molecule has 3 aromatic carbocycles. The highest BCUT2D eigenvalue weighted by Gasteiger charge is 2.39. The molecular formula is C34H40F2N4O2. The Morgan fingerprint density at radius 3 is 2.14 bits per heavy atom. The number of halogens is 2. The molecule has 222 valence electrons. The number of piperidine rings is 1. The molecule has 5 rings (SSSR count). The number of carbonyl (C=O) groups is 2. The largest absolute Gasteiger partial charge is 0.352 e. The van der Waals surface area contributed by atoms with E-state index in [1.807, 2.05) is 18.2 Å². The number of hydrogen-bond donors (Lipinski definition) is 2. The van der Waals surface area contributed by atoms with Gasteiger partial charge in [0.05, 0.1) is 0 Å². The van der Waals surface area contributed by atoms with Gasteiger partial charge in [0.25, 0.3) is 5.91 Å². The number of rotatable bonds is 9. The van der Waals surface area contributed by atoms with Crippen molar-refractivity contribution in [3.05, 3.63) is 107 Å². The first-order valence-electron chi connectivity index (χ1n) is 15.0. The maximum absolute atomic E-state index is 13.8. The number of amides is 2. The van der Waals surface area contributed by atoms with E-state index >= 15 is 0 Å². The molecule has 0 aromatic heterocycles. The second kappa shape index (κ2) is 14.0. The first-order valence-corrected chi connectivity index (χ1v) is 15.0. The summed E-state index contributed by atoms with van der Waals surface area (Å²) in [5.41, 5.74) is 8.66. The summed E-state index contributed by atoms with van der Waals surface area (Å²) in [5, 5.41) is 3.22. The van der Waals surface area contributed by atoms with E-state index in [1.54, 1.807) is 17.0 Å². The maximum Gasteiger partial charge on any atom is 0.254 e. The van der Waals surface area contributed by atoms with Gasteiger partial charge >= 0.3 is 0 Å². The number of hydrogen-bond acceptors (Lipinski definition) is 4. The number of carbonyl (C=O) groups excluding carboxylic acids is 2. The predicted molar refractivity (Wildman–Crippen MR) is 160 cm³/mol. The fourth-order valence-electron chi connectivity index (χ4n) is 6.22. The van der Waals surface area contributed by atoms with E-state index in [9.17, 15) is 18.4 Å². The predicted octanol–water partition coefficient (Wildman–Crippen LogP) is 5.07. The van der Waals surface area contributed by atoms with Gasteiger partial charge in [-0.2, -0.15) is 0 Å². The lowest BCUT2D eigenvalue weighted by molar-refractivity contribution is -0.128. The normalized spacial score (nSPS) is 22.6. The van der Waals surface area contributed by atoms with Crippen molar-refractivity contribution in [2.75, 3.05) is 13.1 Å². The lowest BCUT2D eigenvalue weighted by Gasteiger charge is -2.43. The Kier molecular flexibility index (Phi) is 9.97. The fraction of sp³-hybridized carbons (Fsp3) is 0.412. The number of benzene rings is 3. The van der Waals surface area contributed by atoms with Crippen LogP contribution in [-0.2, 0) is 17.8 Å². The summed E-state index contributed by atoms with van der Waals surface area (Å²) in [6, 6.07) is 21.9. The van der Waals surface area contributed by atoms with Gasteiger partial charge in [-0.1, -0.05) is 42.5 Å². The van der Waals surface area contributed by atoms with Crippen molar-refractivity contribution in [1.82, 2.24) is 15.1 Å². The molecule has 1 saturated heterocycles. The van der Waals surface area contributed by atoms with E-state index in [0.29, 0.717) is 31.5 Å². The van der Waals surface area contributed by atoms with Crippen LogP contribution in [0.15, 0.2) is 78.9 Å². The minimum absolute atomic E-state index is 0.0339. The van der Waals surface area contributed by atoms with Crippen LogP contribution in [0, 0.1) is 11.6 Å². The Bertz CT molecular complexity index is 1310. The molecule has 1 aliphatic heterocycles. The molecule has 3 N–H and O–H groups in total.